The Morgan fingerprint density at radius 3 is 2.50 bits per heavy atom. The van der Waals surface area contributed by atoms with Gasteiger partial charge in [0.15, 0.2) is 10.8 Å². The first-order chi connectivity index (χ1) is 16.7. The minimum Gasteiger partial charge on any atom is -0.378 e. The van der Waals surface area contributed by atoms with E-state index in [1.165, 1.54) is 11.3 Å². The Balaban J connectivity index is 1.49. The summed E-state index contributed by atoms with van der Waals surface area (Å²) in [4.78, 5) is 41.7. The maximum absolute atomic E-state index is 13.3. The van der Waals surface area contributed by atoms with Gasteiger partial charge in [0.25, 0.3) is 5.91 Å². The first-order valence-electron chi connectivity index (χ1n) is 10.8. The van der Waals surface area contributed by atoms with Gasteiger partial charge in [0, 0.05) is 41.9 Å². The number of nitrogens with zero attached hydrogens (tertiary/aromatic N) is 4. The van der Waals surface area contributed by atoms with Gasteiger partial charge in [0.2, 0.25) is 5.78 Å². The summed E-state index contributed by atoms with van der Waals surface area (Å²) in [5.74, 6) is 0.456. The van der Waals surface area contributed by atoms with Gasteiger partial charge in [-0.15, -0.1) is 11.3 Å². The monoisotopic (exact) mass is 471 g/mol. The van der Waals surface area contributed by atoms with E-state index in [4.69, 9.17) is 9.72 Å². The largest absolute Gasteiger partial charge is 0.378 e. The maximum atomic E-state index is 13.3. The molecule has 1 fully saturated rings. The smallest absolute Gasteiger partial charge is 0.274 e. The average Bonchev–Trinajstić information content (AvgIpc) is 3.44. The Kier molecular flexibility index (Phi) is 6.37. The second kappa shape index (κ2) is 9.90. The van der Waals surface area contributed by atoms with Crippen molar-refractivity contribution in [2.45, 2.75) is 0 Å². The van der Waals surface area contributed by atoms with Crippen LogP contribution >= 0.6 is 11.3 Å². The lowest BCUT2D eigenvalue weighted by atomic mass is 10.1. The van der Waals surface area contributed by atoms with Crippen LogP contribution in [0.15, 0.2) is 72.2 Å². The zero-order valence-electron chi connectivity index (χ0n) is 18.2. The van der Waals surface area contributed by atoms with Crippen molar-refractivity contribution in [3.05, 3.63) is 88.5 Å². The van der Waals surface area contributed by atoms with Crippen LogP contribution in [0.4, 0.5) is 11.5 Å². The number of hydrogen-bond acceptors (Lipinski definition) is 8. The molecule has 0 spiro atoms. The van der Waals surface area contributed by atoms with Gasteiger partial charge in [-0.2, -0.15) is 0 Å². The molecule has 9 heteroatoms. The molecule has 0 saturated carbocycles. The Bertz CT molecular complexity index is 1310. The number of para-hydroxylation sites is 1. The molecule has 2 aromatic carbocycles. The highest BCUT2D eigenvalue weighted by molar-refractivity contribution is 7.11. The fourth-order valence-corrected chi connectivity index (χ4v) is 4.24. The molecule has 0 atom stereocenters. The van der Waals surface area contributed by atoms with Crippen LogP contribution in [0.25, 0.3) is 11.4 Å². The Morgan fingerprint density at radius 1 is 0.971 bits per heavy atom. The van der Waals surface area contributed by atoms with Crippen LogP contribution in [0.5, 0.6) is 0 Å². The number of carbonyl (C=O) groups excluding carboxylic acids is 2. The lowest BCUT2D eigenvalue weighted by Gasteiger charge is -2.28. The Hall–Kier alpha value is -3.95. The molecule has 5 rings (SSSR count). The van der Waals surface area contributed by atoms with Crippen LogP contribution in [0.2, 0.25) is 0 Å². The highest BCUT2D eigenvalue weighted by Crippen LogP contribution is 2.24. The summed E-state index contributed by atoms with van der Waals surface area (Å²) in [5.41, 5.74) is 1.80. The zero-order valence-corrected chi connectivity index (χ0v) is 19.0. The fourth-order valence-electron chi connectivity index (χ4n) is 3.65. The van der Waals surface area contributed by atoms with Crippen molar-refractivity contribution in [3.63, 3.8) is 0 Å². The molecule has 1 aliphatic rings. The van der Waals surface area contributed by atoms with Crippen molar-refractivity contribution in [3.8, 4) is 11.4 Å². The molecule has 1 saturated heterocycles. The van der Waals surface area contributed by atoms with E-state index >= 15 is 0 Å². The molecule has 3 heterocycles. The lowest BCUT2D eigenvalue weighted by molar-refractivity contribution is 0.102. The van der Waals surface area contributed by atoms with E-state index in [2.05, 4.69) is 20.2 Å². The minimum atomic E-state index is -0.423. The molecule has 8 nitrogen and oxygen atoms in total. The van der Waals surface area contributed by atoms with Crippen LogP contribution in [-0.4, -0.2) is 52.9 Å². The molecule has 0 aliphatic carbocycles. The van der Waals surface area contributed by atoms with Gasteiger partial charge in [-0.05, 0) is 12.1 Å². The van der Waals surface area contributed by atoms with Gasteiger partial charge in [0.1, 0.15) is 11.5 Å². The van der Waals surface area contributed by atoms with Crippen molar-refractivity contribution in [2.24, 2.45) is 0 Å². The summed E-state index contributed by atoms with van der Waals surface area (Å²) < 4.78 is 5.46. The predicted molar refractivity (Wildman–Crippen MR) is 130 cm³/mol. The summed E-state index contributed by atoms with van der Waals surface area (Å²) in [6.45, 7) is 2.55. The molecular weight excluding hydrogens is 450 g/mol. The number of morpholine rings is 1. The SMILES string of the molecule is O=C(Nc1ccccc1C(=O)c1nccs1)c1cc(N2CCOCC2)nc(-c2ccccc2)n1. The number of ketones is 1. The Labute approximate surface area is 200 Å². The fraction of sp³-hybridized carbons (Fsp3) is 0.160. The molecule has 0 bridgehead atoms. The van der Waals surface area contributed by atoms with E-state index in [-0.39, 0.29) is 11.5 Å². The number of rotatable bonds is 6. The molecule has 34 heavy (non-hydrogen) atoms. The van der Waals surface area contributed by atoms with E-state index in [1.807, 2.05) is 30.3 Å². The summed E-state index contributed by atoms with van der Waals surface area (Å²) in [6.07, 6.45) is 1.58. The standard InChI is InChI=1S/C25H21N5O3S/c31-22(25-26-10-15-34-25)18-8-4-5-9-19(18)28-24(32)20-16-21(30-11-13-33-14-12-30)29-23(27-20)17-6-2-1-3-7-17/h1-10,15-16H,11-14H2,(H,28,32). The first-order valence-corrected chi connectivity index (χ1v) is 11.7. The van der Waals surface area contributed by atoms with Gasteiger partial charge in [-0.1, -0.05) is 42.5 Å². The number of thiazole rings is 1. The van der Waals surface area contributed by atoms with Gasteiger partial charge in [-0.3, -0.25) is 9.59 Å². The van der Waals surface area contributed by atoms with Crippen molar-refractivity contribution in [2.75, 3.05) is 36.5 Å². The average molecular weight is 472 g/mol. The van der Waals surface area contributed by atoms with E-state index in [1.54, 1.807) is 41.9 Å². The van der Waals surface area contributed by atoms with Gasteiger partial charge >= 0.3 is 0 Å². The number of nitrogens with one attached hydrogen (secondary N) is 1. The molecule has 1 N–H and O–H groups in total. The van der Waals surface area contributed by atoms with Gasteiger partial charge < -0.3 is 15.0 Å². The summed E-state index contributed by atoms with van der Waals surface area (Å²) in [5, 5.41) is 4.97. The van der Waals surface area contributed by atoms with Crippen molar-refractivity contribution >= 4 is 34.5 Å². The summed E-state index contributed by atoms with van der Waals surface area (Å²) in [7, 11) is 0. The zero-order chi connectivity index (χ0) is 23.3. The molecule has 2 aromatic heterocycles. The number of ether oxygens (including phenoxy) is 1. The topological polar surface area (TPSA) is 97.3 Å². The van der Waals surface area contributed by atoms with Crippen LogP contribution in [0, 0.1) is 0 Å². The molecule has 4 aromatic rings. The third-order valence-electron chi connectivity index (χ3n) is 5.36. The second-order valence-electron chi connectivity index (χ2n) is 7.57. The first kappa shape index (κ1) is 21.9. The molecule has 1 aliphatic heterocycles. The van der Waals surface area contributed by atoms with E-state index in [9.17, 15) is 9.59 Å². The third-order valence-corrected chi connectivity index (χ3v) is 6.13. The predicted octanol–water partition coefficient (Wildman–Crippen LogP) is 3.92. The van der Waals surface area contributed by atoms with Crippen LogP contribution in [0.1, 0.15) is 25.9 Å². The van der Waals surface area contributed by atoms with Gasteiger partial charge in [0.05, 0.1) is 18.9 Å². The molecular formula is C25H21N5O3S. The van der Waals surface area contributed by atoms with E-state index in [0.29, 0.717) is 54.2 Å². The van der Waals surface area contributed by atoms with E-state index < -0.39 is 5.91 Å². The van der Waals surface area contributed by atoms with Crippen LogP contribution in [0.3, 0.4) is 0 Å². The molecule has 1 amide bonds. The highest BCUT2D eigenvalue weighted by Gasteiger charge is 2.21. The molecule has 0 unspecified atom stereocenters. The lowest BCUT2D eigenvalue weighted by Crippen LogP contribution is -2.37. The molecule has 0 radical (unpaired) electrons. The van der Waals surface area contributed by atoms with Crippen molar-refractivity contribution < 1.29 is 14.3 Å². The number of aromatic nitrogens is 3. The quantitative estimate of drug-likeness (QED) is 0.426. The number of benzene rings is 2. The number of carbonyl (C=O) groups is 2. The number of amides is 1. The third kappa shape index (κ3) is 4.70. The van der Waals surface area contributed by atoms with Crippen LogP contribution in [-0.2, 0) is 4.74 Å². The number of anilines is 2. The van der Waals surface area contributed by atoms with Crippen LogP contribution < -0.4 is 10.2 Å². The van der Waals surface area contributed by atoms with E-state index in [0.717, 1.165) is 5.56 Å². The second-order valence-corrected chi connectivity index (χ2v) is 8.46. The molecule has 170 valence electrons. The van der Waals surface area contributed by atoms with Gasteiger partial charge in [-0.25, -0.2) is 15.0 Å². The summed E-state index contributed by atoms with van der Waals surface area (Å²) >= 11 is 1.26. The van der Waals surface area contributed by atoms with Crippen molar-refractivity contribution in [1.82, 2.24) is 15.0 Å². The number of hydrogen-bond donors (Lipinski definition) is 1. The normalized spacial score (nSPS) is 13.5. The maximum Gasteiger partial charge on any atom is 0.274 e. The minimum absolute atomic E-state index is 0.215. The highest BCUT2D eigenvalue weighted by atomic mass is 32.1. The summed E-state index contributed by atoms with van der Waals surface area (Å²) in [6, 6.07) is 18.1. The van der Waals surface area contributed by atoms with Crippen molar-refractivity contribution in [1.29, 1.82) is 0 Å². The Morgan fingerprint density at radius 2 is 1.74 bits per heavy atom.